The quantitative estimate of drug-likeness (QED) is 0.428. The fraction of sp³-hybridized carbons (Fsp3) is 0.125. The standard InChI is InChI=1S/C16H16ClN5O2/c1-2-12-15(21-9-10(17)7-8-14(21)20-12)16(23)24-22(19)13-6-4-3-5-11(13)18/h3-9H,2,18-19H2,1H3. The van der Waals surface area contributed by atoms with E-state index in [1.807, 2.05) is 6.92 Å². The number of imidazole rings is 1. The van der Waals surface area contributed by atoms with Crippen LogP contribution in [0.15, 0.2) is 42.6 Å². The number of nitrogen functional groups attached to an aromatic ring is 1. The molecule has 124 valence electrons. The van der Waals surface area contributed by atoms with E-state index in [0.29, 0.717) is 34.2 Å². The van der Waals surface area contributed by atoms with Gasteiger partial charge in [-0.1, -0.05) is 30.7 Å². The number of pyridine rings is 1. The van der Waals surface area contributed by atoms with Gasteiger partial charge in [0.2, 0.25) is 0 Å². The van der Waals surface area contributed by atoms with Crippen LogP contribution in [0.25, 0.3) is 5.65 Å². The Hall–Kier alpha value is -2.77. The zero-order valence-electron chi connectivity index (χ0n) is 12.9. The van der Waals surface area contributed by atoms with E-state index in [1.165, 1.54) is 0 Å². The largest absolute Gasteiger partial charge is 0.397 e. The molecule has 3 aromatic rings. The topological polar surface area (TPSA) is 98.9 Å². The zero-order chi connectivity index (χ0) is 17.3. The highest BCUT2D eigenvalue weighted by molar-refractivity contribution is 6.30. The monoisotopic (exact) mass is 345 g/mol. The van der Waals surface area contributed by atoms with Gasteiger partial charge in [0.15, 0.2) is 5.69 Å². The number of aryl methyl sites for hydroxylation is 1. The molecule has 0 atom stereocenters. The Morgan fingerprint density at radius 3 is 2.79 bits per heavy atom. The van der Waals surface area contributed by atoms with Gasteiger partial charge in [-0.2, -0.15) is 0 Å². The van der Waals surface area contributed by atoms with Crippen molar-refractivity contribution >= 4 is 34.6 Å². The molecule has 0 spiro atoms. The van der Waals surface area contributed by atoms with Gasteiger partial charge in [-0.3, -0.25) is 4.40 Å². The third kappa shape index (κ3) is 2.86. The van der Waals surface area contributed by atoms with Crippen LogP contribution in [0, 0.1) is 0 Å². The Kier molecular flexibility index (Phi) is 4.28. The zero-order valence-corrected chi connectivity index (χ0v) is 13.7. The second kappa shape index (κ2) is 6.38. The molecule has 4 N–H and O–H groups in total. The molecule has 2 aromatic heterocycles. The maximum atomic E-state index is 12.6. The number of hydrazine groups is 1. The van der Waals surface area contributed by atoms with Crippen molar-refractivity contribution in [3.63, 3.8) is 0 Å². The molecule has 0 aliphatic rings. The van der Waals surface area contributed by atoms with Gasteiger partial charge in [-0.05, 0) is 30.7 Å². The van der Waals surface area contributed by atoms with Crippen molar-refractivity contribution in [1.29, 1.82) is 0 Å². The number of anilines is 2. The molecule has 24 heavy (non-hydrogen) atoms. The first-order chi connectivity index (χ1) is 11.5. The van der Waals surface area contributed by atoms with E-state index in [-0.39, 0.29) is 5.69 Å². The van der Waals surface area contributed by atoms with Crippen LogP contribution in [-0.4, -0.2) is 15.4 Å². The van der Waals surface area contributed by atoms with E-state index in [9.17, 15) is 4.79 Å². The summed E-state index contributed by atoms with van der Waals surface area (Å²) in [5.74, 6) is 5.18. The smallest absolute Gasteiger partial charge is 0.383 e. The Bertz CT molecular complexity index is 909. The van der Waals surface area contributed by atoms with Crippen molar-refractivity contribution in [3.8, 4) is 0 Å². The van der Waals surface area contributed by atoms with Crippen LogP contribution in [0.4, 0.5) is 11.4 Å². The average Bonchev–Trinajstić information content (AvgIpc) is 2.92. The molecule has 0 bridgehead atoms. The lowest BCUT2D eigenvalue weighted by molar-refractivity contribution is 0.0441. The first-order valence-electron chi connectivity index (χ1n) is 7.29. The summed E-state index contributed by atoms with van der Waals surface area (Å²) >= 11 is 6.02. The third-order valence-electron chi connectivity index (χ3n) is 3.54. The lowest BCUT2D eigenvalue weighted by Gasteiger charge is -2.18. The molecule has 0 aliphatic heterocycles. The number of aromatic nitrogens is 2. The second-order valence-electron chi connectivity index (χ2n) is 5.10. The van der Waals surface area contributed by atoms with E-state index in [4.69, 9.17) is 28.0 Å². The third-order valence-corrected chi connectivity index (χ3v) is 3.76. The van der Waals surface area contributed by atoms with Crippen molar-refractivity contribution in [1.82, 2.24) is 9.38 Å². The number of para-hydroxylation sites is 2. The van der Waals surface area contributed by atoms with Gasteiger partial charge in [0, 0.05) is 6.20 Å². The minimum Gasteiger partial charge on any atom is -0.397 e. The predicted octanol–water partition coefficient (Wildman–Crippen LogP) is 2.58. The van der Waals surface area contributed by atoms with Gasteiger partial charge in [0.25, 0.3) is 0 Å². The number of halogens is 1. The highest BCUT2D eigenvalue weighted by atomic mass is 35.5. The molecule has 0 amide bonds. The molecule has 0 saturated heterocycles. The number of nitrogens with two attached hydrogens (primary N) is 2. The molecule has 2 heterocycles. The Morgan fingerprint density at radius 1 is 1.33 bits per heavy atom. The lowest BCUT2D eigenvalue weighted by atomic mass is 10.2. The molecule has 7 nitrogen and oxygen atoms in total. The van der Waals surface area contributed by atoms with Gasteiger partial charge < -0.3 is 10.6 Å². The Morgan fingerprint density at radius 2 is 2.08 bits per heavy atom. The summed E-state index contributed by atoms with van der Waals surface area (Å²) in [7, 11) is 0. The number of fused-ring (bicyclic) bond motifs is 1. The fourth-order valence-corrected chi connectivity index (χ4v) is 2.56. The maximum absolute atomic E-state index is 12.6. The summed E-state index contributed by atoms with van der Waals surface area (Å²) in [5, 5.41) is 1.33. The summed E-state index contributed by atoms with van der Waals surface area (Å²) in [5.41, 5.74) is 8.09. The molecular weight excluding hydrogens is 330 g/mol. The lowest BCUT2D eigenvalue weighted by Crippen LogP contribution is -2.35. The first-order valence-corrected chi connectivity index (χ1v) is 7.67. The van der Waals surface area contributed by atoms with E-state index in [0.717, 1.165) is 5.17 Å². The summed E-state index contributed by atoms with van der Waals surface area (Å²) in [6, 6.07) is 10.2. The first kappa shape index (κ1) is 16.1. The number of hydrogen-bond donors (Lipinski definition) is 2. The summed E-state index contributed by atoms with van der Waals surface area (Å²) in [4.78, 5) is 22.3. The van der Waals surface area contributed by atoms with Crippen molar-refractivity contribution in [2.45, 2.75) is 13.3 Å². The van der Waals surface area contributed by atoms with Crippen LogP contribution in [-0.2, 0) is 11.3 Å². The summed E-state index contributed by atoms with van der Waals surface area (Å²) in [6.07, 6.45) is 2.17. The minimum absolute atomic E-state index is 0.278. The number of carbonyl (C=O) groups is 1. The highest BCUT2D eigenvalue weighted by Gasteiger charge is 2.22. The SMILES string of the molecule is CCc1nc2ccc(Cl)cn2c1C(=O)ON(N)c1ccccc1N. The minimum atomic E-state index is -0.646. The molecule has 0 aliphatic carbocycles. The van der Waals surface area contributed by atoms with Crippen LogP contribution in [0.2, 0.25) is 5.02 Å². The molecule has 0 fully saturated rings. The molecule has 8 heteroatoms. The molecule has 3 rings (SSSR count). The van der Waals surface area contributed by atoms with E-state index in [2.05, 4.69) is 4.98 Å². The van der Waals surface area contributed by atoms with E-state index in [1.54, 1.807) is 47.0 Å². The normalized spacial score (nSPS) is 10.8. The van der Waals surface area contributed by atoms with Crippen molar-refractivity contribution in [2.75, 3.05) is 10.9 Å². The van der Waals surface area contributed by atoms with Crippen LogP contribution in [0.1, 0.15) is 23.1 Å². The van der Waals surface area contributed by atoms with Crippen LogP contribution >= 0.6 is 11.6 Å². The van der Waals surface area contributed by atoms with Gasteiger partial charge in [-0.15, -0.1) is 5.17 Å². The van der Waals surface area contributed by atoms with E-state index < -0.39 is 5.97 Å². The van der Waals surface area contributed by atoms with Gasteiger partial charge in [0.05, 0.1) is 16.4 Å². The number of hydrogen-bond acceptors (Lipinski definition) is 6. The summed E-state index contributed by atoms with van der Waals surface area (Å²) < 4.78 is 1.59. The number of nitrogens with zero attached hydrogens (tertiary/aromatic N) is 3. The van der Waals surface area contributed by atoms with Crippen LogP contribution in [0.5, 0.6) is 0 Å². The summed E-state index contributed by atoms with van der Waals surface area (Å²) in [6.45, 7) is 1.90. The van der Waals surface area contributed by atoms with Gasteiger partial charge >= 0.3 is 5.97 Å². The van der Waals surface area contributed by atoms with Crippen molar-refractivity contribution in [2.24, 2.45) is 5.84 Å². The second-order valence-corrected chi connectivity index (χ2v) is 5.54. The predicted molar refractivity (Wildman–Crippen MR) is 92.5 cm³/mol. The number of carbonyl (C=O) groups excluding carboxylic acids is 1. The fourth-order valence-electron chi connectivity index (χ4n) is 2.40. The van der Waals surface area contributed by atoms with Crippen molar-refractivity contribution < 1.29 is 9.63 Å². The molecule has 1 aromatic carbocycles. The number of rotatable bonds is 4. The Balaban J connectivity index is 1.96. The Labute approximate surface area is 143 Å². The molecule has 0 radical (unpaired) electrons. The molecular formula is C16H16ClN5O2. The van der Waals surface area contributed by atoms with Crippen LogP contribution in [0.3, 0.4) is 0 Å². The highest BCUT2D eigenvalue weighted by Crippen LogP contribution is 2.22. The number of benzene rings is 1. The average molecular weight is 346 g/mol. The molecule has 0 unspecified atom stereocenters. The maximum Gasteiger partial charge on any atom is 0.383 e. The van der Waals surface area contributed by atoms with Gasteiger partial charge in [-0.25, -0.2) is 15.6 Å². The molecule has 0 saturated carbocycles. The van der Waals surface area contributed by atoms with E-state index >= 15 is 0 Å². The van der Waals surface area contributed by atoms with Gasteiger partial charge in [0.1, 0.15) is 11.3 Å². The van der Waals surface area contributed by atoms with Crippen LogP contribution < -0.4 is 16.7 Å². The van der Waals surface area contributed by atoms with Crippen molar-refractivity contribution in [3.05, 3.63) is 59.0 Å².